The molecule has 0 saturated heterocycles. The van der Waals surface area contributed by atoms with Crippen molar-refractivity contribution in [2.45, 2.75) is 25.6 Å². The molecule has 106 valence electrons. The molecule has 0 aliphatic carbocycles. The fraction of sp³-hybridized carbons (Fsp3) is 0.294. The molecule has 0 heterocycles. The van der Waals surface area contributed by atoms with Crippen molar-refractivity contribution in [2.24, 2.45) is 0 Å². The SMILES string of the molecule is C[C@@H](NCNCc1ccccc1)[C@@H](O)c1ccccc1. The van der Waals surface area contributed by atoms with Crippen LogP contribution < -0.4 is 10.6 Å². The lowest BCUT2D eigenvalue weighted by molar-refractivity contribution is 0.135. The average Bonchev–Trinajstić information content (AvgIpc) is 2.52. The Morgan fingerprint density at radius 3 is 2.20 bits per heavy atom. The second-order valence-electron chi connectivity index (χ2n) is 4.94. The third-order valence-electron chi connectivity index (χ3n) is 3.34. The maximum atomic E-state index is 10.2. The molecule has 0 spiro atoms. The summed E-state index contributed by atoms with van der Waals surface area (Å²) in [4.78, 5) is 0. The first-order valence-corrected chi connectivity index (χ1v) is 6.98. The van der Waals surface area contributed by atoms with Gasteiger partial charge in [0.25, 0.3) is 0 Å². The van der Waals surface area contributed by atoms with Crippen molar-refractivity contribution >= 4 is 0 Å². The van der Waals surface area contributed by atoms with E-state index in [-0.39, 0.29) is 6.04 Å². The lowest BCUT2D eigenvalue weighted by atomic mass is 10.0. The van der Waals surface area contributed by atoms with Crippen LogP contribution in [0.2, 0.25) is 0 Å². The van der Waals surface area contributed by atoms with Crippen LogP contribution in [0.5, 0.6) is 0 Å². The monoisotopic (exact) mass is 270 g/mol. The van der Waals surface area contributed by atoms with Gasteiger partial charge in [0, 0.05) is 19.3 Å². The maximum absolute atomic E-state index is 10.2. The van der Waals surface area contributed by atoms with Crippen LogP contribution in [0.1, 0.15) is 24.2 Å². The first-order chi connectivity index (χ1) is 9.77. The molecule has 0 radical (unpaired) electrons. The summed E-state index contributed by atoms with van der Waals surface area (Å²) in [6.45, 7) is 3.48. The molecule has 0 aliphatic heterocycles. The summed E-state index contributed by atoms with van der Waals surface area (Å²) in [6.07, 6.45) is -0.491. The van der Waals surface area contributed by atoms with Crippen LogP contribution in [0.4, 0.5) is 0 Å². The lowest BCUT2D eigenvalue weighted by Gasteiger charge is -2.21. The second kappa shape index (κ2) is 7.80. The van der Waals surface area contributed by atoms with Gasteiger partial charge in [-0.3, -0.25) is 5.32 Å². The van der Waals surface area contributed by atoms with E-state index in [1.54, 1.807) is 0 Å². The van der Waals surface area contributed by atoms with Crippen molar-refractivity contribution in [1.82, 2.24) is 10.6 Å². The van der Waals surface area contributed by atoms with Gasteiger partial charge in [-0.1, -0.05) is 60.7 Å². The van der Waals surface area contributed by atoms with Crippen LogP contribution in [0.15, 0.2) is 60.7 Å². The van der Waals surface area contributed by atoms with E-state index in [9.17, 15) is 5.11 Å². The van der Waals surface area contributed by atoms with Gasteiger partial charge in [0.1, 0.15) is 0 Å². The molecule has 0 amide bonds. The van der Waals surface area contributed by atoms with Crippen molar-refractivity contribution in [2.75, 3.05) is 6.67 Å². The molecule has 3 N–H and O–H groups in total. The summed E-state index contributed by atoms with van der Waals surface area (Å²) in [6, 6.07) is 20.0. The Balaban J connectivity index is 1.71. The van der Waals surface area contributed by atoms with Gasteiger partial charge in [0.05, 0.1) is 6.10 Å². The van der Waals surface area contributed by atoms with Crippen molar-refractivity contribution < 1.29 is 5.11 Å². The highest BCUT2D eigenvalue weighted by atomic mass is 16.3. The summed E-state index contributed by atoms with van der Waals surface area (Å²) in [5.74, 6) is 0. The fourth-order valence-electron chi connectivity index (χ4n) is 2.09. The summed E-state index contributed by atoms with van der Waals surface area (Å²) >= 11 is 0. The van der Waals surface area contributed by atoms with Gasteiger partial charge >= 0.3 is 0 Å². The third kappa shape index (κ3) is 4.46. The highest BCUT2D eigenvalue weighted by Crippen LogP contribution is 2.15. The molecule has 2 atom stereocenters. The lowest BCUT2D eigenvalue weighted by Crippen LogP contribution is -2.38. The molecule has 2 aromatic rings. The molecule has 0 fully saturated rings. The minimum absolute atomic E-state index is 0.000623. The van der Waals surface area contributed by atoms with Gasteiger partial charge < -0.3 is 10.4 Å². The molecule has 0 unspecified atom stereocenters. The molecule has 3 heteroatoms. The van der Waals surface area contributed by atoms with E-state index in [0.29, 0.717) is 6.67 Å². The van der Waals surface area contributed by atoms with Gasteiger partial charge in [-0.25, -0.2) is 0 Å². The number of benzene rings is 2. The zero-order valence-electron chi connectivity index (χ0n) is 11.8. The van der Waals surface area contributed by atoms with E-state index >= 15 is 0 Å². The highest BCUT2D eigenvalue weighted by Gasteiger charge is 2.14. The van der Waals surface area contributed by atoms with Gasteiger partial charge in [0.2, 0.25) is 0 Å². The standard InChI is InChI=1S/C17H22N2O/c1-14(17(20)16-10-6-3-7-11-16)19-13-18-12-15-8-4-2-5-9-15/h2-11,14,17-20H,12-13H2,1H3/t14-,17-/m1/s1. The Bertz CT molecular complexity index is 487. The normalized spacial score (nSPS) is 13.9. The molecular formula is C17H22N2O. The predicted octanol–water partition coefficient (Wildman–Crippen LogP) is 2.45. The highest BCUT2D eigenvalue weighted by molar-refractivity contribution is 5.18. The fourth-order valence-corrected chi connectivity index (χ4v) is 2.09. The van der Waals surface area contributed by atoms with Crippen molar-refractivity contribution in [3.63, 3.8) is 0 Å². The molecule has 0 bridgehead atoms. The van der Waals surface area contributed by atoms with Crippen LogP contribution in [0.3, 0.4) is 0 Å². The van der Waals surface area contributed by atoms with Gasteiger partial charge in [0.15, 0.2) is 0 Å². The number of aliphatic hydroxyl groups is 1. The second-order valence-corrected chi connectivity index (χ2v) is 4.94. The Morgan fingerprint density at radius 1 is 0.950 bits per heavy atom. The molecular weight excluding hydrogens is 248 g/mol. The minimum Gasteiger partial charge on any atom is -0.387 e. The summed E-state index contributed by atoms with van der Waals surface area (Å²) in [5, 5.41) is 16.8. The molecule has 20 heavy (non-hydrogen) atoms. The van der Waals surface area contributed by atoms with Crippen LogP contribution in [0, 0.1) is 0 Å². The topological polar surface area (TPSA) is 44.3 Å². The largest absolute Gasteiger partial charge is 0.387 e. The van der Waals surface area contributed by atoms with Crippen molar-refractivity contribution in [3.05, 3.63) is 71.8 Å². The van der Waals surface area contributed by atoms with Crippen molar-refractivity contribution in [3.8, 4) is 0 Å². The minimum atomic E-state index is -0.491. The van der Waals surface area contributed by atoms with Crippen LogP contribution in [-0.2, 0) is 6.54 Å². The Morgan fingerprint density at radius 2 is 1.55 bits per heavy atom. The zero-order valence-corrected chi connectivity index (χ0v) is 11.8. The molecule has 3 nitrogen and oxygen atoms in total. The van der Waals surface area contributed by atoms with E-state index in [2.05, 4.69) is 22.8 Å². The van der Waals surface area contributed by atoms with Gasteiger partial charge in [-0.15, -0.1) is 0 Å². The van der Waals surface area contributed by atoms with Crippen LogP contribution in [0.25, 0.3) is 0 Å². The Hall–Kier alpha value is -1.68. The molecule has 2 rings (SSSR count). The van der Waals surface area contributed by atoms with Gasteiger partial charge in [-0.05, 0) is 18.1 Å². The molecule has 0 saturated carbocycles. The number of rotatable bonds is 7. The number of aliphatic hydroxyl groups excluding tert-OH is 1. The number of hydrogen-bond donors (Lipinski definition) is 3. The average molecular weight is 270 g/mol. The van der Waals surface area contributed by atoms with E-state index in [1.165, 1.54) is 5.56 Å². The van der Waals surface area contributed by atoms with Crippen LogP contribution in [-0.4, -0.2) is 17.8 Å². The zero-order chi connectivity index (χ0) is 14.2. The quantitative estimate of drug-likeness (QED) is 0.535. The summed E-state index contributed by atoms with van der Waals surface area (Å²) in [7, 11) is 0. The Kier molecular flexibility index (Phi) is 5.74. The van der Waals surface area contributed by atoms with Gasteiger partial charge in [-0.2, -0.15) is 0 Å². The van der Waals surface area contributed by atoms with Crippen molar-refractivity contribution in [1.29, 1.82) is 0 Å². The number of nitrogens with one attached hydrogen (secondary N) is 2. The van der Waals surface area contributed by atoms with E-state index in [1.807, 2.05) is 55.5 Å². The van der Waals surface area contributed by atoms with E-state index in [0.717, 1.165) is 12.1 Å². The Labute approximate surface area is 120 Å². The molecule has 0 aromatic heterocycles. The van der Waals surface area contributed by atoms with E-state index < -0.39 is 6.10 Å². The predicted molar refractivity (Wildman–Crippen MR) is 82.1 cm³/mol. The summed E-state index contributed by atoms with van der Waals surface area (Å²) < 4.78 is 0. The van der Waals surface area contributed by atoms with E-state index in [4.69, 9.17) is 0 Å². The first-order valence-electron chi connectivity index (χ1n) is 6.98. The number of hydrogen-bond acceptors (Lipinski definition) is 3. The molecule has 2 aromatic carbocycles. The smallest absolute Gasteiger partial charge is 0.0940 e. The van der Waals surface area contributed by atoms with Crippen LogP contribution >= 0.6 is 0 Å². The first kappa shape index (κ1) is 14.7. The summed E-state index contributed by atoms with van der Waals surface area (Å²) in [5.41, 5.74) is 2.20. The molecule has 0 aliphatic rings. The maximum Gasteiger partial charge on any atom is 0.0940 e. The third-order valence-corrected chi connectivity index (χ3v) is 3.34.